The zero-order valence-corrected chi connectivity index (χ0v) is 9.19. The predicted molar refractivity (Wildman–Crippen MR) is 58.9 cm³/mol. The van der Waals surface area contributed by atoms with E-state index in [-0.39, 0.29) is 10.7 Å². The molecule has 0 atom stereocenters. The van der Waals surface area contributed by atoms with E-state index in [0.717, 1.165) is 0 Å². The number of benzene rings is 1. The predicted octanol–water partition coefficient (Wildman–Crippen LogP) is 2.61. The number of nitrogen functional groups attached to an aromatic ring is 1. The number of anilines is 2. The van der Waals surface area contributed by atoms with E-state index in [2.05, 4.69) is 5.32 Å². The minimum Gasteiger partial charge on any atom is -0.399 e. The fourth-order valence-electron chi connectivity index (χ4n) is 0.986. The van der Waals surface area contributed by atoms with Crippen molar-refractivity contribution in [3.63, 3.8) is 0 Å². The van der Waals surface area contributed by atoms with Gasteiger partial charge >= 0.3 is 12.2 Å². The summed E-state index contributed by atoms with van der Waals surface area (Å²) >= 11 is 5.71. The molecule has 0 heterocycles. The topological polar surface area (TPSA) is 67.1 Å². The van der Waals surface area contributed by atoms with Crippen molar-refractivity contribution in [2.24, 2.45) is 0 Å². The second kappa shape index (κ2) is 5.13. The van der Waals surface area contributed by atoms with Crippen molar-refractivity contribution in [3.8, 4) is 0 Å². The molecule has 0 saturated carbocycles. The molecule has 0 spiro atoms. The number of hydrogen-bond donors (Lipinski definition) is 3. The maximum atomic E-state index is 11.8. The molecule has 0 bridgehead atoms. The number of urea groups is 1. The van der Waals surface area contributed by atoms with Gasteiger partial charge in [-0.1, -0.05) is 11.6 Å². The third kappa shape index (κ3) is 4.81. The number of hydrogen-bond acceptors (Lipinski definition) is 2. The Morgan fingerprint density at radius 3 is 2.65 bits per heavy atom. The SMILES string of the molecule is Nc1ccc(Cl)c(NC(=O)NCC(F)(F)F)c1. The molecule has 0 aliphatic rings. The lowest BCUT2D eigenvalue weighted by Gasteiger charge is -2.11. The van der Waals surface area contributed by atoms with E-state index in [1.807, 2.05) is 0 Å². The molecule has 0 radical (unpaired) electrons. The van der Waals surface area contributed by atoms with Gasteiger partial charge in [-0.3, -0.25) is 0 Å². The maximum absolute atomic E-state index is 11.8. The van der Waals surface area contributed by atoms with Crippen molar-refractivity contribution in [1.82, 2.24) is 5.32 Å². The zero-order valence-electron chi connectivity index (χ0n) is 8.44. The lowest BCUT2D eigenvalue weighted by Crippen LogP contribution is -2.36. The molecule has 0 unspecified atom stereocenters. The van der Waals surface area contributed by atoms with Gasteiger partial charge < -0.3 is 16.4 Å². The number of halogens is 4. The van der Waals surface area contributed by atoms with Crippen LogP contribution in [0.3, 0.4) is 0 Å². The molecule has 1 rings (SSSR count). The summed E-state index contributed by atoms with van der Waals surface area (Å²) in [6.07, 6.45) is -4.46. The number of alkyl halides is 3. The van der Waals surface area contributed by atoms with E-state index in [9.17, 15) is 18.0 Å². The van der Waals surface area contributed by atoms with Crippen LogP contribution in [0.4, 0.5) is 29.3 Å². The molecule has 2 amide bonds. The third-order valence-electron chi connectivity index (χ3n) is 1.69. The molecule has 4 nitrogen and oxygen atoms in total. The van der Waals surface area contributed by atoms with E-state index >= 15 is 0 Å². The van der Waals surface area contributed by atoms with Crippen LogP contribution in [0.25, 0.3) is 0 Å². The average Bonchev–Trinajstić information content (AvgIpc) is 2.20. The number of nitrogens with one attached hydrogen (secondary N) is 2. The molecular formula is C9H9ClF3N3O. The van der Waals surface area contributed by atoms with Crippen molar-refractivity contribution in [2.75, 3.05) is 17.6 Å². The van der Waals surface area contributed by atoms with Gasteiger partial charge in [0.2, 0.25) is 0 Å². The standard InChI is InChI=1S/C9H9ClF3N3O/c10-6-2-1-5(14)3-7(6)16-8(17)15-4-9(11,12)13/h1-3H,4,14H2,(H2,15,16,17). The minimum absolute atomic E-state index is 0.145. The summed E-state index contributed by atoms with van der Waals surface area (Å²) in [7, 11) is 0. The molecule has 1 aromatic rings. The van der Waals surface area contributed by atoms with Crippen LogP contribution in [0.1, 0.15) is 0 Å². The second-order valence-corrected chi connectivity index (χ2v) is 3.57. The van der Waals surface area contributed by atoms with Crippen LogP contribution in [-0.2, 0) is 0 Å². The zero-order chi connectivity index (χ0) is 13.1. The van der Waals surface area contributed by atoms with Crippen LogP contribution < -0.4 is 16.4 Å². The van der Waals surface area contributed by atoms with E-state index in [1.165, 1.54) is 18.2 Å². The fraction of sp³-hybridized carbons (Fsp3) is 0.222. The largest absolute Gasteiger partial charge is 0.405 e. The van der Waals surface area contributed by atoms with Crippen LogP contribution in [0.5, 0.6) is 0 Å². The van der Waals surface area contributed by atoms with Crippen molar-refractivity contribution in [1.29, 1.82) is 0 Å². The van der Waals surface area contributed by atoms with Gasteiger partial charge in [0.15, 0.2) is 0 Å². The molecule has 0 aliphatic heterocycles. The Hall–Kier alpha value is -1.63. The normalized spacial score (nSPS) is 11.1. The van der Waals surface area contributed by atoms with Gasteiger partial charge in [-0.2, -0.15) is 13.2 Å². The van der Waals surface area contributed by atoms with Crippen molar-refractivity contribution in [3.05, 3.63) is 23.2 Å². The Morgan fingerprint density at radius 2 is 2.06 bits per heavy atom. The first-order valence-corrected chi connectivity index (χ1v) is 4.82. The van der Waals surface area contributed by atoms with Gasteiger partial charge in [-0.25, -0.2) is 4.79 Å². The van der Waals surface area contributed by atoms with Gasteiger partial charge in [-0.15, -0.1) is 0 Å². The Labute approximate surface area is 99.9 Å². The summed E-state index contributed by atoms with van der Waals surface area (Å²) in [6.45, 7) is -1.42. The molecule has 0 aliphatic carbocycles. The Morgan fingerprint density at radius 1 is 1.41 bits per heavy atom. The maximum Gasteiger partial charge on any atom is 0.405 e. The minimum atomic E-state index is -4.46. The van der Waals surface area contributed by atoms with Crippen LogP contribution >= 0.6 is 11.6 Å². The van der Waals surface area contributed by atoms with Gasteiger partial charge in [0.25, 0.3) is 0 Å². The number of rotatable bonds is 2. The number of carbonyl (C=O) groups excluding carboxylic acids is 1. The number of amides is 2. The number of nitrogens with two attached hydrogens (primary N) is 1. The highest BCUT2D eigenvalue weighted by Gasteiger charge is 2.27. The molecule has 1 aromatic carbocycles. The molecule has 0 fully saturated rings. The van der Waals surface area contributed by atoms with Gasteiger partial charge in [0, 0.05) is 5.69 Å². The van der Waals surface area contributed by atoms with Crippen LogP contribution in [0, 0.1) is 0 Å². The average molecular weight is 268 g/mol. The third-order valence-corrected chi connectivity index (χ3v) is 2.02. The molecular weight excluding hydrogens is 259 g/mol. The summed E-state index contributed by atoms with van der Waals surface area (Å²) in [6, 6.07) is 3.27. The first kappa shape index (κ1) is 13.4. The lowest BCUT2D eigenvalue weighted by atomic mass is 10.3. The fourth-order valence-corrected chi connectivity index (χ4v) is 1.15. The Bertz CT molecular complexity index is 422. The van der Waals surface area contributed by atoms with Crippen molar-refractivity contribution in [2.45, 2.75) is 6.18 Å². The summed E-state index contributed by atoms with van der Waals surface area (Å²) in [5.74, 6) is 0. The second-order valence-electron chi connectivity index (χ2n) is 3.16. The summed E-state index contributed by atoms with van der Waals surface area (Å²) in [4.78, 5) is 11.1. The lowest BCUT2D eigenvalue weighted by molar-refractivity contribution is -0.122. The highest BCUT2D eigenvalue weighted by atomic mass is 35.5. The Balaban J connectivity index is 2.59. The van der Waals surface area contributed by atoms with Gasteiger partial charge in [0.1, 0.15) is 6.54 Å². The van der Waals surface area contributed by atoms with Crippen molar-refractivity contribution < 1.29 is 18.0 Å². The molecule has 0 saturated heterocycles. The monoisotopic (exact) mass is 267 g/mol. The smallest absolute Gasteiger partial charge is 0.399 e. The number of carbonyl (C=O) groups is 1. The van der Waals surface area contributed by atoms with Crippen molar-refractivity contribution >= 4 is 29.0 Å². The molecule has 8 heteroatoms. The summed E-state index contributed by atoms with van der Waals surface area (Å²) < 4.78 is 35.4. The quantitative estimate of drug-likeness (QED) is 0.721. The molecule has 17 heavy (non-hydrogen) atoms. The van der Waals surface area contributed by atoms with Gasteiger partial charge in [0.05, 0.1) is 10.7 Å². The van der Waals surface area contributed by atoms with E-state index in [0.29, 0.717) is 5.69 Å². The highest BCUT2D eigenvalue weighted by molar-refractivity contribution is 6.33. The summed E-state index contributed by atoms with van der Waals surface area (Å²) in [5, 5.41) is 3.99. The first-order chi connectivity index (χ1) is 7.78. The Kier molecular flexibility index (Phi) is 4.06. The van der Waals surface area contributed by atoms with Gasteiger partial charge in [-0.05, 0) is 18.2 Å². The molecule has 0 aromatic heterocycles. The highest BCUT2D eigenvalue weighted by Crippen LogP contribution is 2.23. The van der Waals surface area contributed by atoms with E-state index < -0.39 is 18.8 Å². The van der Waals surface area contributed by atoms with E-state index in [1.54, 1.807) is 5.32 Å². The van der Waals surface area contributed by atoms with Crippen LogP contribution in [-0.4, -0.2) is 18.8 Å². The van der Waals surface area contributed by atoms with Crippen LogP contribution in [0.15, 0.2) is 18.2 Å². The van der Waals surface area contributed by atoms with E-state index in [4.69, 9.17) is 17.3 Å². The summed E-state index contributed by atoms with van der Waals surface area (Å²) in [5.41, 5.74) is 5.91. The van der Waals surface area contributed by atoms with Crippen LogP contribution in [0.2, 0.25) is 5.02 Å². The molecule has 4 N–H and O–H groups in total. The molecule has 94 valence electrons. The first-order valence-electron chi connectivity index (χ1n) is 4.44.